The molecule has 112 valence electrons. The molecule has 3 N–H and O–H groups in total. The molecule has 2 aliphatic rings. The fourth-order valence-electron chi connectivity index (χ4n) is 4.37. The first-order valence-corrected chi connectivity index (χ1v) is 8.59. The zero-order valence-electron chi connectivity index (χ0n) is 12.4. The summed E-state index contributed by atoms with van der Waals surface area (Å²) in [6.45, 7) is 2.14. The fraction of sp³-hybridized carbons (Fsp3) is 0.800. The average Bonchev–Trinajstić information content (AvgIpc) is 3.13. The summed E-state index contributed by atoms with van der Waals surface area (Å²) < 4.78 is 3.19. The maximum Gasteiger partial charge on any atom is 0.0766 e. The highest BCUT2D eigenvalue weighted by molar-refractivity contribution is 9.10. The van der Waals surface area contributed by atoms with Crippen molar-refractivity contribution in [3.05, 3.63) is 15.9 Å². The van der Waals surface area contributed by atoms with Crippen LogP contribution in [0.15, 0.2) is 4.47 Å². The van der Waals surface area contributed by atoms with E-state index >= 15 is 0 Å². The Morgan fingerprint density at radius 2 is 2.25 bits per heavy atom. The number of hydrogen-bond acceptors (Lipinski definition) is 3. The largest absolute Gasteiger partial charge is 0.271 e. The van der Waals surface area contributed by atoms with E-state index in [1.54, 1.807) is 0 Å². The second-order valence-corrected chi connectivity index (χ2v) is 7.29. The Hall–Kier alpha value is -0.390. The lowest BCUT2D eigenvalue weighted by atomic mass is 9.82. The van der Waals surface area contributed by atoms with E-state index in [0.717, 1.165) is 36.3 Å². The van der Waals surface area contributed by atoms with Gasteiger partial charge in [0.1, 0.15) is 0 Å². The number of rotatable bonds is 5. The van der Waals surface area contributed by atoms with Crippen molar-refractivity contribution >= 4 is 15.9 Å². The smallest absolute Gasteiger partial charge is 0.0766 e. The Morgan fingerprint density at radius 3 is 2.75 bits per heavy atom. The van der Waals surface area contributed by atoms with Gasteiger partial charge < -0.3 is 0 Å². The average molecular weight is 341 g/mol. The minimum atomic E-state index is 0.377. The molecule has 0 aliphatic heterocycles. The molecule has 4 unspecified atom stereocenters. The molecule has 1 aromatic heterocycles. The molecular weight excluding hydrogens is 316 g/mol. The van der Waals surface area contributed by atoms with Crippen LogP contribution in [0.4, 0.5) is 0 Å². The van der Waals surface area contributed by atoms with Gasteiger partial charge in [-0.25, -0.2) is 0 Å². The predicted octanol–water partition coefficient (Wildman–Crippen LogP) is 2.56. The summed E-state index contributed by atoms with van der Waals surface area (Å²) in [5, 5.41) is 4.59. The topological polar surface area (TPSA) is 55.9 Å². The van der Waals surface area contributed by atoms with E-state index in [-0.39, 0.29) is 0 Å². The van der Waals surface area contributed by atoms with Gasteiger partial charge in [0.15, 0.2) is 0 Å². The molecule has 3 rings (SSSR count). The molecule has 4 atom stereocenters. The summed E-state index contributed by atoms with van der Waals surface area (Å²) in [4.78, 5) is 0. The monoisotopic (exact) mass is 340 g/mol. The second-order valence-electron chi connectivity index (χ2n) is 6.50. The van der Waals surface area contributed by atoms with E-state index < -0.39 is 0 Å². The van der Waals surface area contributed by atoms with Crippen molar-refractivity contribution in [2.45, 2.75) is 51.5 Å². The third-order valence-electron chi connectivity index (χ3n) is 5.44. The molecule has 2 bridgehead atoms. The van der Waals surface area contributed by atoms with Crippen LogP contribution in [0.2, 0.25) is 0 Å². The Balaban J connectivity index is 1.77. The summed E-state index contributed by atoms with van der Waals surface area (Å²) in [5.41, 5.74) is 5.51. The number of fused-ring (bicyclic) bond motifs is 2. The number of aromatic nitrogens is 2. The molecular formula is C15H25BrN4. The lowest BCUT2D eigenvalue weighted by Crippen LogP contribution is -2.44. The van der Waals surface area contributed by atoms with Gasteiger partial charge in [-0.1, -0.05) is 13.3 Å². The molecule has 4 nitrogen and oxygen atoms in total. The van der Waals surface area contributed by atoms with Crippen LogP contribution in [0, 0.1) is 17.8 Å². The number of nitrogens with zero attached hydrogens (tertiary/aromatic N) is 2. The number of hydrogen-bond donors (Lipinski definition) is 2. The lowest BCUT2D eigenvalue weighted by Gasteiger charge is -2.30. The van der Waals surface area contributed by atoms with Crippen LogP contribution in [0.3, 0.4) is 0 Å². The van der Waals surface area contributed by atoms with E-state index in [0.29, 0.717) is 6.04 Å². The Bertz CT molecular complexity index is 484. The highest BCUT2D eigenvalue weighted by atomic mass is 79.9. The van der Waals surface area contributed by atoms with Gasteiger partial charge in [-0.3, -0.25) is 16.0 Å². The van der Waals surface area contributed by atoms with Crippen molar-refractivity contribution < 1.29 is 0 Å². The highest BCUT2D eigenvalue weighted by Crippen LogP contribution is 2.49. The Kier molecular flexibility index (Phi) is 4.20. The van der Waals surface area contributed by atoms with Gasteiger partial charge in [-0.2, -0.15) is 5.10 Å². The van der Waals surface area contributed by atoms with Gasteiger partial charge in [-0.05, 0) is 59.4 Å². The van der Waals surface area contributed by atoms with Crippen LogP contribution < -0.4 is 11.3 Å². The second kappa shape index (κ2) is 5.78. The molecule has 20 heavy (non-hydrogen) atoms. The molecule has 1 aromatic rings. The van der Waals surface area contributed by atoms with Gasteiger partial charge in [-0.15, -0.1) is 0 Å². The number of halogens is 1. The van der Waals surface area contributed by atoms with E-state index in [1.807, 2.05) is 11.7 Å². The summed E-state index contributed by atoms with van der Waals surface area (Å²) >= 11 is 3.72. The molecule has 0 amide bonds. The van der Waals surface area contributed by atoms with Crippen LogP contribution in [0.5, 0.6) is 0 Å². The predicted molar refractivity (Wildman–Crippen MR) is 84.0 cm³/mol. The van der Waals surface area contributed by atoms with E-state index in [1.165, 1.54) is 35.8 Å². The Morgan fingerprint density at radius 1 is 1.45 bits per heavy atom. The number of aryl methyl sites for hydroxylation is 2. The molecule has 1 heterocycles. The van der Waals surface area contributed by atoms with Crippen LogP contribution in [0.1, 0.15) is 44.0 Å². The van der Waals surface area contributed by atoms with Crippen molar-refractivity contribution in [1.29, 1.82) is 0 Å². The van der Waals surface area contributed by atoms with Gasteiger partial charge in [0.2, 0.25) is 0 Å². The number of nitrogens with two attached hydrogens (primary N) is 1. The first kappa shape index (κ1) is 14.5. The molecule has 0 aromatic carbocycles. The van der Waals surface area contributed by atoms with Gasteiger partial charge >= 0.3 is 0 Å². The maximum absolute atomic E-state index is 5.88. The number of nitrogens with one attached hydrogen (secondary N) is 1. The van der Waals surface area contributed by atoms with Crippen molar-refractivity contribution in [2.75, 3.05) is 0 Å². The van der Waals surface area contributed by atoms with Crippen molar-refractivity contribution in [2.24, 2.45) is 30.6 Å². The summed E-state index contributed by atoms with van der Waals surface area (Å²) in [6.07, 6.45) is 7.55. The SMILES string of the molecule is CCc1nn(C)c(CC(NN)C2CC3CCC2C3)c1Br. The van der Waals surface area contributed by atoms with Crippen molar-refractivity contribution in [1.82, 2.24) is 15.2 Å². The van der Waals surface area contributed by atoms with Gasteiger partial charge in [0.05, 0.1) is 15.9 Å². The van der Waals surface area contributed by atoms with E-state index in [9.17, 15) is 0 Å². The molecule has 0 spiro atoms. The normalized spacial score (nSPS) is 30.1. The van der Waals surface area contributed by atoms with Crippen LogP contribution in [0.25, 0.3) is 0 Å². The van der Waals surface area contributed by atoms with Gasteiger partial charge in [0, 0.05) is 19.5 Å². The molecule has 0 saturated heterocycles. The quantitative estimate of drug-likeness (QED) is 0.639. The zero-order chi connectivity index (χ0) is 14.3. The third-order valence-corrected chi connectivity index (χ3v) is 6.36. The minimum absolute atomic E-state index is 0.377. The first-order valence-electron chi connectivity index (χ1n) is 7.80. The maximum atomic E-state index is 5.88. The van der Waals surface area contributed by atoms with Gasteiger partial charge in [0.25, 0.3) is 0 Å². The third kappa shape index (κ3) is 2.44. The molecule has 2 aliphatic carbocycles. The van der Waals surface area contributed by atoms with E-state index in [2.05, 4.69) is 33.4 Å². The summed E-state index contributed by atoms with van der Waals surface area (Å²) in [7, 11) is 2.04. The minimum Gasteiger partial charge on any atom is -0.271 e. The van der Waals surface area contributed by atoms with Crippen molar-refractivity contribution in [3.8, 4) is 0 Å². The highest BCUT2D eigenvalue weighted by Gasteiger charge is 2.43. The molecule has 2 fully saturated rings. The fourth-order valence-corrected chi connectivity index (χ4v) is 5.15. The molecule has 5 heteroatoms. The van der Waals surface area contributed by atoms with E-state index in [4.69, 9.17) is 5.84 Å². The summed E-state index contributed by atoms with van der Waals surface area (Å²) in [6, 6.07) is 0.377. The lowest BCUT2D eigenvalue weighted by molar-refractivity contribution is 0.245. The Labute approximate surface area is 129 Å². The first-order chi connectivity index (χ1) is 9.63. The standard InChI is InChI=1S/C15H25BrN4/c1-3-12-15(16)14(20(2)19-12)8-13(18-17)11-7-9-4-5-10(11)6-9/h9-11,13,18H,3-8,17H2,1-2H3. The van der Waals surface area contributed by atoms with Crippen LogP contribution >= 0.6 is 15.9 Å². The summed E-state index contributed by atoms with van der Waals surface area (Å²) in [5.74, 6) is 8.47. The zero-order valence-corrected chi connectivity index (χ0v) is 14.0. The number of hydrazine groups is 1. The molecule has 0 radical (unpaired) electrons. The van der Waals surface area contributed by atoms with Crippen molar-refractivity contribution in [3.63, 3.8) is 0 Å². The molecule has 2 saturated carbocycles. The van der Waals surface area contributed by atoms with Crippen LogP contribution in [-0.4, -0.2) is 15.8 Å². The van der Waals surface area contributed by atoms with Crippen LogP contribution in [-0.2, 0) is 19.9 Å².